The first-order valence-electron chi connectivity index (χ1n) is 6.12. The summed E-state index contributed by atoms with van der Waals surface area (Å²) < 4.78 is 5.86. The van der Waals surface area contributed by atoms with Crippen molar-refractivity contribution in [1.29, 1.82) is 0 Å². The van der Waals surface area contributed by atoms with Gasteiger partial charge in [0.2, 0.25) is 5.13 Å². The molecule has 1 aromatic heterocycles. The van der Waals surface area contributed by atoms with Crippen molar-refractivity contribution in [2.75, 3.05) is 5.43 Å². The highest BCUT2D eigenvalue weighted by atomic mass is 32.1. The summed E-state index contributed by atoms with van der Waals surface area (Å²) >= 11 is 1.39. The van der Waals surface area contributed by atoms with Gasteiger partial charge in [-0.2, -0.15) is 0 Å². The van der Waals surface area contributed by atoms with E-state index in [1.807, 2.05) is 0 Å². The Bertz CT molecular complexity index is 553. The fourth-order valence-corrected chi connectivity index (χ4v) is 2.32. The zero-order valence-corrected chi connectivity index (χ0v) is 12.1. The van der Waals surface area contributed by atoms with Crippen molar-refractivity contribution in [3.8, 4) is 5.75 Å². The number of ether oxygens (including phenoxy) is 1. The smallest absolute Gasteiger partial charge is 0.219 e. The van der Waals surface area contributed by atoms with Crippen molar-refractivity contribution < 1.29 is 4.74 Å². The summed E-state index contributed by atoms with van der Waals surface area (Å²) in [5.74, 6) is 6.60. The Balaban J connectivity index is 2.12. The number of nitrogens with one attached hydrogen (secondary N) is 1. The predicted octanol–water partition coefficient (Wildman–Crippen LogP) is 2.83. The van der Waals surface area contributed by atoms with E-state index >= 15 is 0 Å². The molecule has 0 fully saturated rings. The van der Waals surface area contributed by atoms with E-state index in [1.54, 1.807) is 0 Å². The molecule has 0 bridgehead atoms. The minimum atomic E-state index is 0.405. The number of nitrogens with zero attached hydrogens (tertiary/aromatic N) is 2. The first-order chi connectivity index (χ1) is 9.10. The molecule has 0 amide bonds. The molecule has 1 heterocycles. The third-order valence-electron chi connectivity index (χ3n) is 2.73. The number of nitrogen functional groups attached to an aromatic ring is 1. The number of hydrazine groups is 1. The van der Waals surface area contributed by atoms with Crippen molar-refractivity contribution in [3.63, 3.8) is 0 Å². The van der Waals surface area contributed by atoms with Crippen LogP contribution in [-0.2, 0) is 6.61 Å². The van der Waals surface area contributed by atoms with E-state index in [0.717, 1.165) is 10.8 Å². The van der Waals surface area contributed by atoms with Gasteiger partial charge in [-0.05, 0) is 30.0 Å². The summed E-state index contributed by atoms with van der Waals surface area (Å²) in [5.41, 5.74) is 4.86. The average molecular weight is 278 g/mol. The van der Waals surface area contributed by atoms with Gasteiger partial charge in [0.25, 0.3) is 0 Å². The van der Waals surface area contributed by atoms with Gasteiger partial charge in [0.1, 0.15) is 12.4 Å². The molecular weight excluding hydrogens is 260 g/mol. The van der Waals surface area contributed by atoms with Gasteiger partial charge < -0.3 is 4.74 Å². The fraction of sp³-hybridized carbons (Fsp3) is 0.385. The zero-order chi connectivity index (χ0) is 13.8. The second kappa shape index (κ2) is 5.99. The van der Waals surface area contributed by atoms with E-state index < -0.39 is 0 Å². The van der Waals surface area contributed by atoms with E-state index in [4.69, 9.17) is 10.6 Å². The molecule has 2 rings (SSSR count). The molecule has 0 aliphatic rings. The lowest BCUT2D eigenvalue weighted by atomic mass is 10.0. The lowest BCUT2D eigenvalue weighted by Crippen LogP contribution is -2.05. The van der Waals surface area contributed by atoms with Crippen molar-refractivity contribution in [2.24, 2.45) is 5.84 Å². The maximum atomic E-state index is 5.86. The van der Waals surface area contributed by atoms with Gasteiger partial charge in [-0.3, -0.25) is 5.43 Å². The largest absolute Gasteiger partial charge is 0.486 e. The molecule has 0 aliphatic heterocycles. The molecular formula is C13H18N4OS. The maximum Gasteiger partial charge on any atom is 0.219 e. The number of rotatable bonds is 5. The van der Waals surface area contributed by atoms with Crippen molar-refractivity contribution in [1.82, 2.24) is 10.2 Å². The summed E-state index contributed by atoms with van der Waals surface area (Å²) in [4.78, 5) is 0. The predicted molar refractivity (Wildman–Crippen MR) is 77.3 cm³/mol. The molecule has 6 heteroatoms. The lowest BCUT2D eigenvalue weighted by Gasteiger charge is -2.13. The summed E-state index contributed by atoms with van der Waals surface area (Å²) in [5, 5.41) is 9.26. The van der Waals surface area contributed by atoms with Gasteiger partial charge in [0.15, 0.2) is 5.01 Å². The molecule has 3 N–H and O–H groups in total. The molecule has 2 aromatic rings. The highest BCUT2D eigenvalue weighted by molar-refractivity contribution is 7.15. The van der Waals surface area contributed by atoms with Gasteiger partial charge in [-0.1, -0.05) is 37.3 Å². The molecule has 19 heavy (non-hydrogen) atoms. The van der Waals surface area contributed by atoms with E-state index in [1.165, 1.54) is 22.5 Å². The van der Waals surface area contributed by atoms with Crippen LogP contribution in [0.25, 0.3) is 0 Å². The molecule has 0 radical (unpaired) electrons. The van der Waals surface area contributed by atoms with Crippen LogP contribution in [0.1, 0.15) is 35.9 Å². The third-order valence-corrected chi connectivity index (χ3v) is 3.56. The Morgan fingerprint density at radius 2 is 2.16 bits per heavy atom. The Hall–Kier alpha value is -1.66. The van der Waals surface area contributed by atoms with Gasteiger partial charge in [-0.15, -0.1) is 10.2 Å². The Labute approximate surface area is 116 Å². The molecule has 0 spiro atoms. The zero-order valence-electron chi connectivity index (χ0n) is 11.3. The molecule has 0 aliphatic carbocycles. The number of hydrogen-bond acceptors (Lipinski definition) is 6. The fourth-order valence-electron chi connectivity index (χ4n) is 1.75. The number of benzene rings is 1. The highest BCUT2D eigenvalue weighted by Crippen LogP contribution is 2.28. The molecule has 1 aromatic carbocycles. The van der Waals surface area contributed by atoms with Crippen LogP contribution in [0, 0.1) is 6.92 Å². The van der Waals surface area contributed by atoms with Crippen LogP contribution >= 0.6 is 11.3 Å². The highest BCUT2D eigenvalue weighted by Gasteiger charge is 2.10. The van der Waals surface area contributed by atoms with Crippen molar-refractivity contribution in [2.45, 2.75) is 33.3 Å². The molecule has 0 saturated carbocycles. The summed E-state index contributed by atoms with van der Waals surface area (Å²) in [7, 11) is 0. The molecule has 0 atom stereocenters. The first kappa shape index (κ1) is 13.8. The number of anilines is 1. The van der Waals surface area contributed by atoms with E-state index in [-0.39, 0.29) is 0 Å². The third kappa shape index (κ3) is 3.42. The standard InChI is InChI=1S/C13H18N4OS/c1-8(2)10-5-4-9(3)6-11(10)18-7-12-16-17-13(15-14)19-12/h4-6,8H,7,14H2,1-3H3,(H,15,17). The SMILES string of the molecule is Cc1ccc(C(C)C)c(OCc2nnc(NN)s2)c1. The van der Waals surface area contributed by atoms with Crippen LogP contribution in [0.15, 0.2) is 18.2 Å². The topological polar surface area (TPSA) is 73.1 Å². The van der Waals surface area contributed by atoms with Gasteiger partial charge in [0, 0.05) is 0 Å². The van der Waals surface area contributed by atoms with Crippen LogP contribution in [0.4, 0.5) is 5.13 Å². The van der Waals surface area contributed by atoms with E-state index in [9.17, 15) is 0 Å². The van der Waals surface area contributed by atoms with E-state index in [0.29, 0.717) is 17.7 Å². The molecule has 0 saturated heterocycles. The maximum absolute atomic E-state index is 5.86. The molecule has 5 nitrogen and oxygen atoms in total. The summed E-state index contributed by atoms with van der Waals surface area (Å²) in [6.07, 6.45) is 0. The van der Waals surface area contributed by atoms with Crippen LogP contribution in [-0.4, -0.2) is 10.2 Å². The number of hydrogen-bond donors (Lipinski definition) is 2. The van der Waals surface area contributed by atoms with Crippen LogP contribution in [0.2, 0.25) is 0 Å². The van der Waals surface area contributed by atoms with Crippen LogP contribution in [0.3, 0.4) is 0 Å². The minimum absolute atomic E-state index is 0.405. The number of aromatic nitrogens is 2. The average Bonchev–Trinajstić information content (AvgIpc) is 2.84. The van der Waals surface area contributed by atoms with E-state index in [2.05, 4.69) is 54.6 Å². The Morgan fingerprint density at radius 1 is 1.37 bits per heavy atom. The molecule has 0 unspecified atom stereocenters. The minimum Gasteiger partial charge on any atom is -0.486 e. The van der Waals surface area contributed by atoms with Crippen molar-refractivity contribution >= 4 is 16.5 Å². The van der Waals surface area contributed by atoms with Gasteiger partial charge in [-0.25, -0.2) is 5.84 Å². The van der Waals surface area contributed by atoms with Crippen molar-refractivity contribution in [3.05, 3.63) is 34.3 Å². The lowest BCUT2D eigenvalue weighted by molar-refractivity contribution is 0.300. The van der Waals surface area contributed by atoms with Gasteiger partial charge >= 0.3 is 0 Å². The Kier molecular flexibility index (Phi) is 4.34. The summed E-state index contributed by atoms with van der Waals surface area (Å²) in [6.45, 7) is 6.76. The second-order valence-electron chi connectivity index (χ2n) is 4.63. The first-order valence-corrected chi connectivity index (χ1v) is 6.94. The second-order valence-corrected chi connectivity index (χ2v) is 5.69. The molecule has 102 valence electrons. The monoisotopic (exact) mass is 278 g/mol. The normalized spacial score (nSPS) is 10.8. The van der Waals surface area contributed by atoms with Crippen LogP contribution < -0.4 is 16.0 Å². The summed E-state index contributed by atoms with van der Waals surface area (Å²) in [6, 6.07) is 6.27. The Morgan fingerprint density at radius 3 is 2.79 bits per heavy atom. The number of nitrogens with two attached hydrogens (primary N) is 1. The quantitative estimate of drug-likeness (QED) is 0.650. The van der Waals surface area contributed by atoms with Crippen LogP contribution in [0.5, 0.6) is 5.75 Å². The van der Waals surface area contributed by atoms with Gasteiger partial charge in [0.05, 0.1) is 0 Å². The number of aryl methyl sites for hydroxylation is 1.